The Kier molecular flexibility index (Phi) is 4.60. The minimum atomic E-state index is -0.416. The van der Waals surface area contributed by atoms with E-state index in [9.17, 15) is 14.0 Å². The Morgan fingerprint density at radius 2 is 2.14 bits per heavy atom. The van der Waals surface area contributed by atoms with Gasteiger partial charge in [0.05, 0.1) is 12.0 Å². The number of amides is 2. The lowest BCUT2D eigenvalue weighted by Gasteiger charge is -2.38. The highest BCUT2D eigenvalue weighted by molar-refractivity contribution is 5.85. The lowest BCUT2D eigenvalue weighted by atomic mass is 9.84. The molecule has 114 valence electrons. The predicted octanol–water partition coefficient (Wildman–Crippen LogP) is 2.26. The summed E-state index contributed by atoms with van der Waals surface area (Å²) in [6.45, 7) is 3.79. The van der Waals surface area contributed by atoms with Gasteiger partial charge in [0, 0.05) is 19.5 Å². The third-order valence-corrected chi connectivity index (χ3v) is 3.82. The first-order valence-corrected chi connectivity index (χ1v) is 7.21. The highest BCUT2D eigenvalue weighted by atomic mass is 19.1. The number of carbonyl (C=O) groups excluding carboxylic acids is 2. The number of piperidine rings is 1. The quantitative estimate of drug-likeness (QED) is 0.929. The lowest BCUT2D eigenvalue weighted by molar-refractivity contribution is -0.141. The molecule has 0 bridgehead atoms. The molecule has 5 heteroatoms. The summed E-state index contributed by atoms with van der Waals surface area (Å²) in [4.78, 5) is 25.9. The Hall–Kier alpha value is -1.91. The summed E-state index contributed by atoms with van der Waals surface area (Å²) in [7, 11) is 1.67. The Labute approximate surface area is 124 Å². The number of likely N-dealkylation sites (tertiary alicyclic amines) is 1. The van der Waals surface area contributed by atoms with Crippen molar-refractivity contribution in [1.82, 2.24) is 10.2 Å². The number of benzene rings is 1. The third kappa shape index (κ3) is 3.40. The van der Waals surface area contributed by atoms with Gasteiger partial charge in [0.2, 0.25) is 11.8 Å². The molecule has 0 spiro atoms. The predicted molar refractivity (Wildman–Crippen MR) is 77.9 cm³/mol. The molecule has 2 unspecified atom stereocenters. The first-order chi connectivity index (χ1) is 9.90. The molecule has 1 heterocycles. The third-order valence-electron chi connectivity index (χ3n) is 3.82. The summed E-state index contributed by atoms with van der Waals surface area (Å²) in [5, 5.41) is 2.89. The number of hydrogen-bond acceptors (Lipinski definition) is 2. The molecule has 21 heavy (non-hydrogen) atoms. The van der Waals surface area contributed by atoms with Crippen molar-refractivity contribution in [1.29, 1.82) is 0 Å². The molecule has 2 amide bonds. The summed E-state index contributed by atoms with van der Waals surface area (Å²) in [6.07, 6.45) is 0.835. The number of rotatable bonds is 3. The summed E-state index contributed by atoms with van der Waals surface area (Å²) >= 11 is 0. The van der Waals surface area contributed by atoms with Crippen molar-refractivity contribution < 1.29 is 14.0 Å². The van der Waals surface area contributed by atoms with Crippen molar-refractivity contribution in [2.75, 3.05) is 7.05 Å². The fourth-order valence-electron chi connectivity index (χ4n) is 2.85. The molecule has 1 N–H and O–H groups in total. The lowest BCUT2D eigenvalue weighted by Crippen LogP contribution is -2.47. The Morgan fingerprint density at radius 1 is 1.43 bits per heavy atom. The van der Waals surface area contributed by atoms with E-state index in [1.54, 1.807) is 24.1 Å². The minimum Gasteiger partial charge on any atom is -0.354 e. The number of halogens is 1. The smallest absolute Gasteiger partial charge is 0.225 e. The molecular formula is C16H21FN2O2. The van der Waals surface area contributed by atoms with Crippen LogP contribution in [-0.4, -0.2) is 29.8 Å². The molecule has 0 radical (unpaired) electrons. The Bertz CT molecular complexity index is 545. The molecule has 0 aliphatic carbocycles. The van der Waals surface area contributed by atoms with E-state index < -0.39 is 6.04 Å². The van der Waals surface area contributed by atoms with Crippen molar-refractivity contribution in [2.45, 2.75) is 38.8 Å². The van der Waals surface area contributed by atoms with Gasteiger partial charge in [-0.15, -0.1) is 0 Å². The van der Waals surface area contributed by atoms with Crippen LogP contribution in [0.4, 0.5) is 4.39 Å². The largest absolute Gasteiger partial charge is 0.354 e. The van der Waals surface area contributed by atoms with Crippen LogP contribution in [0.1, 0.15) is 38.3 Å². The Balaban J connectivity index is 2.33. The van der Waals surface area contributed by atoms with Gasteiger partial charge in [-0.1, -0.05) is 12.1 Å². The van der Waals surface area contributed by atoms with Gasteiger partial charge in [0.1, 0.15) is 5.82 Å². The molecule has 0 saturated carbocycles. The van der Waals surface area contributed by atoms with Crippen LogP contribution in [-0.2, 0) is 9.59 Å². The zero-order chi connectivity index (χ0) is 15.6. The maximum atomic E-state index is 13.5. The van der Waals surface area contributed by atoms with Crippen molar-refractivity contribution in [3.8, 4) is 0 Å². The average Bonchev–Trinajstić information content (AvgIpc) is 2.40. The fraction of sp³-hybridized carbons (Fsp3) is 0.500. The molecule has 1 aliphatic rings. The molecular weight excluding hydrogens is 271 g/mol. The summed E-state index contributed by atoms with van der Waals surface area (Å²) < 4.78 is 13.5. The Morgan fingerprint density at radius 3 is 2.76 bits per heavy atom. The number of hydrogen-bond donors (Lipinski definition) is 1. The zero-order valence-corrected chi connectivity index (χ0v) is 12.6. The van der Waals surface area contributed by atoms with E-state index in [0.29, 0.717) is 18.4 Å². The second-order valence-corrected chi connectivity index (χ2v) is 5.81. The highest BCUT2D eigenvalue weighted by Gasteiger charge is 2.38. The topological polar surface area (TPSA) is 49.4 Å². The minimum absolute atomic E-state index is 0.0159. The fourth-order valence-corrected chi connectivity index (χ4v) is 2.85. The number of carbonyl (C=O) groups is 2. The van der Waals surface area contributed by atoms with E-state index in [1.807, 2.05) is 13.8 Å². The van der Waals surface area contributed by atoms with Gasteiger partial charge in [-0.3, -0.25) is 9.59 Å². The molecule has 1 aliphatic heterocycles. The van der Waals surface area contributed by atoms with Crippen LogP contribution >= 0.6 is 0 Å². The zero-order valence-electron chi connectivity index (χ0n) is 12.6. The standard InChI is InChI=1S/C16H21FN2O2/c1-10(2)18-16(21)13-7-8-14(20)19(3)15(13)11-5-4-6-12(17)9-11/h4-6,9-10,13,15H,7-8H2,1-3H3,(H,18,21). The SMILES string of the molecule is CC(C)NC(=O)C1CCC(=O)N(C)C1c1cccc(F)c1. The summed E-state index contributed by atoms with van der Waals surface area (Å²) in [6, 6.07) is 5.74. The van der Waals surface area contributed by atoms with Gasteiger partial charge in [-0.2, -0.15) is 0 Å². The van der Waals surface area contributed by atoms with Crippen molar-refractivity contribution in [3.63, 3.8) is 0 Å². The normalized spacial score (nSPS) is 22.5. The molecule has 1 aromatic rings. The van der Waals surface area contributed by atoms with Crippen LogP contribution in [0.2, 0.25) is 0 Å². The number of nitrogens with one attached hydrogen (secondary N) is 1. The number of nitrogens with zero attached hydrogens (tertiary/aromatic N) is 1. The van der Waals surface area contributed by atoms with Gasteiger partial charge < -0.3 is 10.2 Å². The van der Waals surface area contributed by atoms with E-state index in [0.717, 1.165) is 0 Å². The van der Waals surface area contributed by atoms with E-state index in [1.165, 1.54) is 12.1 Å². The molecule has 0 aromatic heterocycles. The van der Waals surface area contributed by atoms with Gasteiger partial charge in [0.25, 0.3) is 0 Å². The summed E-state index contributed by atoms with van der Waals surface area (Å²) in [5.74, 6) is -0.810. The van der Waals surface area contributed by atoms with Crippen LogP contribution in [0.3, 0.4) is 0 Å². The van der Waals surface area contributed by atoms with Gasteiger partial charge >= 0.3 is 0 Å². The van der Waals surface area contributed by atoms with Crippen LogP contribution in [0.25, 0.3) is 0 Å². The molecule has 4 nitrogen and oxygen atoms in total. The highest BCUT2D eigenvalue weighted by Crippen LogP contribution is 2.36. The van der Waals surface area contributed by atoms with E-state index in [-0.39, 0.29) is 29.6 Å². The van der Waals surface area contributed by atoms with Crippen molar-refractivity contribution >= 4 is 11.8 Å². The van der Waals surface area contributed by atoms with Crippen LogP contribution in [0.5, 0.6) is 0 Å². The monoisotopic (exact) mass is 292 g/mol. The first-order valence-electron chi connectivity index (χ1n) is 7.21. The molecule has 2 rings (SSSR count). The first kappa shape index (κ1) is 15.5. The van der Waals surface area contributed by atoms with Gasteiger partial charge in [-0.05, 0) is 38.0 Å². The van der Waals surface area contributed by atoms with Crippen LogP contribution in [0.15, 0.2) is 24.3 Å². The maximum absolute atomic E-state index is 13.5. The van der Waals surface area contributed by atoms with E-state index >= 15 is 0 Å². The summed E-state index contributed by atoms with van der Waals surface area (Å²) in [5.41, 5.74) is 0.662. The van der Waals surface area contributed by atoms with E-state index in [2.05, 4.69) is 5.32 Å². The maximum Gasteiger partial charge on any atom is 0.225 e. The molecule has 1 fully saturated rings. The average molecular weight is 292 g/mol. The molecule has 1 aromatic carbocycles. The van der Waals surface area contributed by atoms with Crippen LogP contribution in [0, 0.1) is 11.7 Å². The van der Waals surface area contributed by atoms with Crippen molar-refractivity contribution in [2.24, 2.45) is 5.92 Å². The van der Waals surface area contributed by atoms with E-state index in [4.69, 9.17) is 0 Å². The second kappa shape index (κ2) is 6.24. The molecule has 1 saturated heterocycles. The van der Waals surface area contributed by atoms with Gasteiger partial charge in [-0.25, -0.2) is 4.39 Å². The van der Waals surface area contributed by atoms with Gasteiger partial charge in [0.15, 0.2) is 0 Å². The molecule has 2 atom stereocenters. The van der Waals surface area contributed by atoms with Crippen LogP contribution < -0.4 is 5.32 Å². The second-order valence-electron chi connectivity index (χ2n) is 5.81. The van der Waals surface area contributed by atoms with Crippen molar-refractivity contribution in [3.05, 3.63) is 35.6 Å².